The van der Waals surface area contributed by atoms with Gasteiger partial charge in [-0.3, -0.25) is 10.1 Å². The molecular formula is C13H27NO4. The van der Waals surface area contributed by atoms with E-state index in [-0.39, 0.29) is 18.4 Å². The van der Waals surface area contributed by atoms with Crippen molar-refractivity contribution in [2.75, 3.05) is 6.54 Å². The topological polar surface area (TPSA) is 80.4 Å². The number of rotatable bonds is 8. The Bertz CT molecular complexity index is 221. The summed E-state index contributed by atoms with van der Waals surface area (Å²) >= 11 is 0. The number of aliphatic hydroxyl groups excluding tert-OH is 1. The maximum atomic E-state index is 9.96. The van der Waals surface area contributed by atoms with Crippen LogP contribution in [0.1, 0.15) is 53.4 Å². The summed E-state index contributed by atoms with van der Waals surface area (Å²) in [5.74, 6) is 0.301. The zero-order valence-electron chi connectivity index (χ0n) is 12.0. The van der Waals surface area contributed by atoms with Crippen molar-refractivity contribution in [2.45, 2.75) is 59.5 Å². The fourth-order valence-electron chi connectivity index (χ4n) is 1.50. The highest BCUT2D eigenvalue weighted by atomic mass is 16.6. The molecule has 0 amide bonds. The van der Waals surface area contributed by atoms with E-state index in [4.69, 9.17) is 0 Å². The molecule has 0 aromatic rings. The van der Waals surface area contributed by atoms with Crippen LogP contribution in [0.3, 0.4) is 0 Å². The van der Waals surface area contributed by atoms with E-state index in [2.05, 4.69) is 6.92 Å². The number of aliphatic hydroxyl groups is 1. The van der Waals surface area contributed by atoms with Gasteiger partial charge in [-0.05, 0) is 18.8 Å². The molecule has 0 aliphatic heterocycles. The van der Waals surface area contributed by atoms with Gasteiger partial charge in [-0.15, -0.1) is 0 Å². The van der Waals surface area contributed by atoms with Crippen molar-refractivity contribution in [3.05, 3.63) is 10.1 Å². The highest BCUT2D eigenvalue weighted by Crippen LogP contribution is 2.10. The molecule has 0 aliphatic carbocycles. The minimum Gasteiger partial charge on any atom is -0.386 e. The number of nitro groups is 1. The molecule has 0 rings (SSSR count). The first kappa shape index (κ1) is 19.4. The third-order valence-electron chi connectivity index (χ3n) is 2.71. The van der Waals surface area contributed by atoms with Gasteiger partial charge in [0.25, 0.3) is 0 Å². The largest absolute Gasteiger partial charge is 0.386 e. The molecule has 0 saturated carbocycles. The summed E-state index contributed by atoms with van der Waals surface area (Å²) in [6.07, 6.45) is 4.16. The number of hydrogen-bond donors (Lipinski definition) is 1. The zero-order valence-corrected chi connectivity index (χ0v) is 12.0. The van der Waals surface area contributed by atoms with Crippen LogP contribution < -0.4 is 0 Å². The average Bonchev–Trinajstić information content (AvgIpc) is 2.29. The van der Waals surface area contributed by atoms with Gasteiger partial charge in [-0.25, -0.2) is 0 Å². The van der Waals surface area contributed by atoms with Gasteiger partial charge in [0.1, 0.15) is 12.4 Å². The lowest BCUT2D eigenvalue weighted by atomic mass is 10.00. The van der Waals surface area contributed by atoms with Crippen LogP contribution in [0.2, 0.25) is 0 Å². The van der Waals surface area contributed by atoms with E-state index in [1.807, 2.05) is 20.8 Å². The number of aldehydes is 1. The van der Waals surface area contributed by atoms with Gasteiger partial charge < -0.3 is 9.90 Å². The Morgan fingerprint density at radius 3 is 2.00 bits per heavy atom. The van der Waals surface area contributed by atoms with Crippen LogP contribution in [-0.2, 0) is 4.79 Å². The van der Waals surface area contributed by atoms with Gasteiger partial charge in [-0.2, -0.15) is 0 Å². The lowest BCUT2D eigenvalue weighted by Gasteiger charge is -2.13. The Morgan fingerprint density at radius 1 is 1.22 bits per heavy atom. The van der Waals surface area contributed by atoms with Gasteiger partial charge >= 0.3 is 0 Å². The van der Waals surface area contributed by atoms with Crippen LogP contribution in [0.15, 0.2) is 0 Å². The smallest absolute Gasteiger partial charge is 0.229 e. The third-order valence-corrected chi connectivity index (χ3v) is 2.71. The molecule has 3 unspecified atom stereocenters. The van der Waals surface area contributed by atoms with Gasteiger partial charge in [0, 0.05) is 10.8 Å². The van der Waals surface area contributed by atoms with Crippen LogP contribution in [0, 0.1) is 22.0 Å². The predicted molar refractivity (Wildman–Crippen MR) is 72.1 cm³/mol. The molecule has 108 valence electrons. The van der Waals surface area contributed by atoms with Crippen molar-refractivity contribution in [2.24, 2.45) is 11.8 Å². The monoisotopic (exact) mass is 261 g/mol. The quantitative estimate of drug-likeness (QED) is 0.414. The van der Waals surface area contributed by atoms with E-state index >= 15 is 0 Å². The van der Waals surface area contributed by atoms with Crippen molar-refractivity contribution in [1.29, 1.82) is 0 Å². The Morgan fingerprint density at radius 2 is 1.72 bits per heavy atom. The van der Waals surface area contributed by atoms with Gasteiger partial charge in [0.15, 0.2) is 0 Å². The molecule has 18 heavy (non-hydrogen) atoms. The summed E-state index contributed by atoms with van der Waals surface area (Å²) in [4.78, 5) is 19.4. The number of carbonyl (C=O) groups excluding carboxylic acids is 1. The van der Waals surface area contributed by atoms with Crippen LogP contribution in [-0.4, -0.2) is 29.0 Å². The summed E-state index contributed by atoms with van der Waals surface area (Å²) in [7, 11) is 0. The highest BCUT2D eigenvalue weighted by Gasteiger charge is 2.18. The molecule has 3 atom stereocenters. The molecule has 0 aliphatic rings. The summed E-state index contributed by atoms with van der Waals surface area (Å²) in [5, 5.41) is 19.1. The van der Waals surface area contributed by atoms with Crippen molar-refractivity contribution < 1.29 is 14.8 Å². The molecule has 1 N–H and O–H groups in total. The second-order valence-electron chi connectivity index (χ2n) is 4.75. The third kappa shape index (κ3) is 13.1. The minimum absolute atomic E-state index is 0.0328. The van der Waals surface area contributed by atoms with E-state index < -0.39 is 11.0 Å². The lowest BCUT2D eigenvalue weighted by molar-refractivity contribution is -0.492. The normalized spacial score (nSPS) is 14.9. The van der Waals surface area contributed by atoms with E-state index in [0.29, 0.717) is 0 Å². The maximum Gasteiger partial charge on any atom is 0.229 e. The van der Waals surface area contributed by atoms with Crippen LogP contribution >= 0.6 is 0 Å². The van der Waals surface area contributed by atoms with Crippen LogP contribution in [0.25, 0.3) is 0 Å². The van der Waals surface area contributed by atoms with Crippen molar-refractivity contribution >= 4 is 6.29 Å². The van der Waals surface area contributed by atoms with E-state index in [1.165, 1.54) is 0 Å². The fraction of sp³-hybridized carbons (Fsp3) is 0.923. The first-order valence-corrected chi connectivity index (χ1v) is 6.64. The SMILES string of the molecule is CCCC(C)C(O)C[N+](=O)[O-].CCCC(C)C=O. The first-order valence-electron chi connectivity index (χ1n) is 6.64. The summed E-state index contributed by atoms with van der Waals surface area (Å²) in [6, 6.07) is 0. The number of nitrogens with zero attached hydrogens (tertiary/aromatic N) is 1. The second kappa shape index (κ2) is 12.5. The number of carbonyl (C=O) groups is 1. The maximum absolute atomic E-state index is 9.96. The van der Waals surface area contributed by atoms with Crippen LogP contribution in [0.4, 0.5) is 0 Å². The molecule has 5 nitrogen and oxygen atoms in total. The molecule has 0 heterocycles. The highest BCUT2D eigenvalue weighted by molar-refractivity contribution is 5.52. The van der Waals surface area contributed by atoms with Crippen molar-refractivity contribution in [3.63, 3.8) is 0 Å². The lowest BCUT2D eigenvalue weighted by Crippen LogP contribution is -2.26. The molecule has 0 radical (unpaired) electrons. The predicted octanol–water partition coefficient (Wildman–Crippen LogP) is 2.68. The van der Waals surface area contributed by atoms with Gasteiger partial charge in [-0.1, -0.05) is 40.5 Å². The van der Waals surface area contributed by atoms with E-state index in [1.54, 1.807) is 0 Å². The van der Waals surface area contributed by atoms with Gasteiger partial charge in [0.2, 0.25) is 6.54 Å². The summed E-state index contributed by atoms with van der Waals surface area (Å²) < 4.78 is 0. The molecule has 0 aromatic carbocycles. The molecular weight excluding hydrogens is 234 g/mol. The van der Waals surface area contributed by atoms with Gasteiger partial charge in [0.05, 0.1) is 0 Å². The standard InChI is InChI=1S/C7H15NO3.C6H12O/c1-3-4-6(2)7(9)5-8(10)11;1-3-4-6(2)5-7/h6-7,9H,3-5H2,1-2H3;5-6H,3-4H2,1-2H3. The van der Waals surface area contributed by atoms with Crippen molar-refractivity contribution in [1.82, 2.24) is 0 Å². The summed E-state index contributed by atoms with van der Waals surface area (Å²) in [5.41, 5.74) is 0. The minimum atomic E-state index is -0.787. The zero-order chi connectivity index (χ0) is 14.6. The molecule has 5 heteroatoms. The summed E-state index contributed by atoms with van der Waals surface area (Å²) in [6.45, 7) is 7.52. The molecule has 0 spiro atoms. The number of hydrogen-bond acceptors (Lipinski definition) is 4. The van der Waals surface area contributed by atoms with E-state index in [0.717, 1.165) is 32.0 Å². The Kier molecular flexibility index (Phi) is 13.4. The first-order chi connectivity index (χ1) is 8.38. The Hall–Kier alpha value is -0.970. The Balaban J connectivity index is 0. The second-order valence-corrected chi connectivity index (χ2v) is 4.75. The average molecular weight is 261 g/mol. The fourth-order valence-corrected chi connectivity index (χ4v) is 1.50. The molecule has 0 fully saturated rings. The molecule has 0 saturated heterocycles. The van der Waals surface area contributed by atoms with E-state index in [9.17, 15) is 20.0 Å². The Labute approximate surface area is 110 Å². The molecule has 0 bridgehead atoms. The van der Waals surface area contributed by atoms with Crippen LogP contribution in [0.5, 0.6) is 0 Å². The van der Waals surface area contributed by atoms with Crippen molar-refractivity contribution in [3.8, 4) is 0 Å². The molecule has 0 aromatic heterocycles.